The summed E-state index contributed by atoms with van der Waals surface area (Å²) in [6, 6.07) is 4.24. The molecule has 2 atom stereocenters. The summed E-state index contributed by atoms with van der Waals surface area (Å²) in [5, 5.41) is 0. The average molecular weight is 251 g/mol. The normalized spacial score (nSPS) is 19.8. The van der Waals surface area contributed by atoms with Crippen LogP contribution in [0.1, 0.15) is 23.6 Å². The maximum absolute atomic E-state index is 5.64. The Hall–Kier alpha value is -1.01. The molecule has 5 heteroatoms. The molecule has 1 aromatic rings. The van der Waals surface area contributed by atoms with Crippen molar-refractivity contribution in [2.45, 2.75) is 24.8 Å². The van der Waals surface area contributed by atoms with Crippen LogP contribution in [0.4, 0.5) is 0 Å². The summed E-state index contributed by atoms with van der Waals surface area (Å²) >= 11 is 0. The van der Waals surface area contributed by atoms with Gasteiger partial charge in [0.15, 0.2) is 0 Å². The molecule has 5 nitrogen and oxygen atoms in total. The number of hydrogen-bond donors (Lipinski definition) is 2. The van der Waals surface area contributed by atoms with Gasteiger partial charge in [0.25, 0.3) is 0 Å². The van der Waals surface area contributed by atoms with E-state index in [1.807, 2.05) is 12.3 Å². The monoisotopic (exact) mass is 251 g/mol. The minimum Gasteiger partial charge on any atom is -0.382 e. The molecular formula is C13H21N3O2. The van der Waals surface area contributed by atoms with Gasteiger partial charge in [0, 0.05) is 24.9 Å². The quantitative estimate of drug-likeness (QED) is 0.422. The van der Waals surface area contributed by atoms with Gasteiger partial charge >= 0.3 is 0 Å². The molecule has 0 radical (unpaired) electrons. The third-order valence-corrected chi connectivity index (χ3v) is 3.43. The molecule has 3 N–H and O–H groups in total. The minimum absolute atomic E-state index is 0.109. The Kier molecular flexibility index (Phi) is 5.07. The maximum Gasteiger partial charge on any atom is 0.0701 e. The third kappa shape index (κ3) is 3.05. The molecule has 100 valence electrons. The Labute approximate surface area is 108 Å². The molecule has 0 aromatic carbocycles. The first-order valence-electron chi connectivity index (χ1n) is 6.33. The second-order valence-electron chi connectivity index (χ2n) is 4.53. The highest BCUT2D eigenvalue weighted by Gasteiger charge is 2.30. The highest BCUT2D eigenvalue weighted by Crippen LogP contribution is 2.33. The van der Waals surface area contributed by atoms with E-state index in [-0.39, 0.29) is 6.04 Å². The smallest absolute Gasteiger partial charge is 0.0701 e. The van der Waals surface area contributed by atoms with Gasteiger partial charge in [-0.2, -0.15) is 0 Å². The molecule has 0 saturated heterocycles. The van der Waals surface area contributed by atoms with Crippen molar-refractivity contribution >= 4 is 0 Å². The van der Waals surface area contributed by atoms with Crippen LogP contribution in [0, 0.1) is 0 Å². The van der Waals surface area contributed by atoms with Crippen LogP contribution < -0.4 is 11.3 Å². The Morgan fingerprint density at radius 2 is 2.44 bits per heavy atom. The number of nitrogens with two attached hydrogens (primary N) is 1. The number of hydrazine groups is 1. The fourth-order valence-electron chi connectivity index (χ4n) is 2.47. The number of hydrogen-bond acceptors (Lipinski definition) is 5. The summed E-state index contributed by atoms with van der Waals surface area (Å²) in [6.45, 7) is 1.79. The SMILES string of the molecule is COCCOCC(NN)C1CCc2cccnc21. The molecule has 2 rings (SSSR count). The molecule has 0 spiro atoms. The fraction of sp³-hybridized carbons (Fsp3) is 0.615. The average Bonchev–Trinajstić information content (AvgIpc) is 2.83. The van der Waals surface area contributed by atoms with Crippen LogP contribution in [0.3, 0.4) is 0 Å². The zero-order valence-electron chi connectivity index (χ0n) is 10.8. The molecule has 0 fully saturated rings. The molecule has 0 amide bonds. The van der Waals surface area contributed by atoms with Crippen molar-refractivity contribution in [1.82, 2.24) is 10.4 Å². The van der Waals surface area contributed by atoms with Gasteiger partial charge in [-0.3, -0.25) is 16.3 Å². The van der Waals surface area contributed by atoms with E-state index < -0.39 is 0 Å². The first-order chi connectivity index (χ1) is 8.86. The summed E-state index contributed by atoms with van der Waals surface area (Å²) in [5.74, 6) is 5.98. The number of fused-ring (bicyclic) bond motifs is 1. The van der Waals surface area contributed by atoms with E-state index in [9.17, 15) is 0 Å². The summed E-state index contributed by atoms with van der Waals surface area (Å²) in [7, 11) is 1.67. The molecule has 0 aliphatic heterocycles. The minimum atomic E-state index is 0.109. The van der Waals surface area contributed by atoms with E-state index in [1.54, 1.807) is 7.11 Å². The largest absolute Gasteiger partial charge is 0.382 e. The third-order valence-electron chi connectivity index (χ3n) is 3.43. The second-order valence-corrected chi connectivity index (χ2v) is 4.53. The van der Waals surface area contributed by atoms with Crippen molar-refractivity contribution in [3.05, 3.63) is 29.6 Å². The highest BCUT2D eigenvalue weighted by atomic mass is 16.5. The number of aryl methyl sites for hydroxylation is 1. The highest BCUT2D eigenvalue weighted by molar-refractivity contribution is 5.29. The van der Waals surface area contributed by atoms with Crippen molar-refractivity contribution in [1.29, 1.82) is 0 Å². The number of nitrogens with zero attached hydrogens (tertiary/aromatic N) is 1. The summed E-state index contributed by atoms with van der Waals surface area (Å²) in [4.78, 5) is 4.48. The van der Waals surface area contributed by atoms with Gasteiger partial charge in [-0.1, -0.05) is 6.07 Å². The van der Waals surface area contributed by atoms with Crippen molar-refractivity contribution in [3.63, 3.8) is 0 Å². The first-order valence-corrected chi connectivity index (χ1v) is 6.33. The van der Waals surface area contributed by atoms with Crippen LogP contribution in [0.25, 0.3) is 0 Å². The van der Waals surface area contributed by atoms with Gasteiger partial charge in [0.1, 0.15) is 0 Å². The molecule has 2 unspecified atom stereocenters. The lowest BCUT2D eigenvalue weighted by Crippen LogP contribution is -2.43. The van der Waals surface area contributed by atoms with Gasteiger partial charge < -0.3 is 9.47 Å². The summed E-state index contributed by atoms with van der Waals surface area (Å²) < 4.78 is 10.5. The van der Waals surface area contributed by atoms with Crippen LogP contribution in [-0.4, -0.2) is 38.0 Å². The number of ether oxygens (including phenoxy) is 2. The van der Waals surface area contributed by atoms with Crippen LogP contribution >= 0.6 is 0 Å². The fourth-order valence-corrected chi connectivity index (χ4v) is 2.47. The Morgan fingerprint density at radius 3 is 3.22 bits per heavy atom. The topological polar surface area (TPSA) is 69.4 Å². The number of pyridine rings is 1. The molecular weight excluding hydrogens is 230 g/mol. The molecule has 0 saturated carbocycles. The predicted molar refractivity (Wildman–Crippen MR) is 69.1 cm³/mol. The molecule has 1 heterocycles. The zero-order valence-corrected chi connectivity index (χ0v) is 10.8. The Morgan fingerprint density at radius 1 is 1.56 bits per heavy atom. The Balaban J connectivity index is 1.93. The van der Waals surface area contributed by atoms with Gasteiger partial charge in [-0.05, 0) is 24.5 Å². The lowest BCUT2D eigenvalue weighted by atomic mass is 9.98. The number of methoxy groups -OCH3 is 1. The lowest BCUT2D eigenvalue weighted by molar-refractivity contribution is 0.0544. The van der Waals surface area contributed by atoms with E-state index in [0.29, 0.717) is 25.7 Å². The van der Waals surface area contributed by atoms with Gasteiger partial charge in [-0.25, -0.2) is 0 Å². The zero-order chi connectivity index (χ0) is 12.8. The molecule has 1 aliphatic carbocycles. The molecule has 0 bridgehead atoms. The Bertz CT molecular complexity index is 373. The van der Waals surface area contributed by atoms with Crippen LogP contribution in [0.15, 0.2) is 18.3 Å². The van der Waals surface area contributed by atoms with Crippen molar-refractivity contribution < 1.29 is 9.47 Å². The number of nitrogens with one attached hydrogen (secondary N) is 1. The molecule has 18 heavy (non-hydrogen) atoms. The van der Waals surface area contributed by atoms with Crippen molar-refractivity contribution in [2.24, 2.45) is 5.84 Å². The van der Waals surface area contributed by atoms with Gasteiger partial charge in [0.2, 0.25) is 0 Å². The van der Waals surface area contributed by atoms with Crippen LogP contribution in [0.2, 0.25) is 0 Å². The van der Waals surface area contributed by atoms with E-state index in [1.165, 1.54) is 5.56 Å². The van der Waals surface area contributed by atoms with Crippen molar-refractivity contribution in [2.75, 3.05) is 26.9 Å². The van der Waals surface area contributed by atoms with E-state index >= 15 is 0 Å². The van der Waals surface area contributed by atoms with Crippen molar-refractivity contribution in [3.8, 4) is 0 Å². The van der Waals surface area contributed by atoms with E-state index in [4.69, 9.17) is 15.3 Å². The number of rotatable bonds is 7. The summed E-state index contributed by atoms with van der Waals surface area (Å²) in [5.41, 5.74) is 5.35. The second kappa shape index (κ2) is 6.80. The standard InChI is InChI=1S/C13H21N3O2/c1-17-7-8-18-9-12(16-14)11-5-4-10-3-2-6-15-13(10)11/h2-3,6,11-12,16H,4-5,7-9,14H2,1H3. The van der Waals surface area contributed by atoms with Gasteiger partial charge in [-0.15, -0.1) is 0 Å². The van der Waals surface area contributed by atoms with Crippen LogP contribution in [-0.2, 0) is 15.9 Å². The van der Waals surface area contributed by atoms with Crippen LogP contribution in [0.5, 0.6) is 0 Å². The van der Waals surface area contributed by atoms with E-state index in [0.717, 1.165) is 18.5 Å². The summed E-state index contributed by atoms with van der Waals surface area (Å²) in [6.07, 6.45) is 4.00. The van der Waals surface area contributed by atoms with Gasteiger partial charge in [0.05, 0.1) is 25.9 Å². The molecule has 1 aliphatic rings. The molecule has 1 aromatic heterocycles. The predicted octanol–water partition coefficient (Wildman–Crippen LogP) is 0.606. The number of aromatic nitrogens is 1. The van der Waals surface area contributed by atoms with E-state index in [2.05, 4.69) is 16.5 Å². The lowest BCUT2D eigenvalue weighted by Gasteiger charge is -2.22. The first kappa shape index (κ1) is 13.4. The maximum atomic E-state index is 5.64.